The summed E-state index contributed by atoms with van der Waals surface area (Å²) in [6.45, 7) is 12.4. The van der Waals surface area contributed by atoms with Gasteiger partial charge in [0.2, 0.25) is 0 Å². The maximum atomic E-state index is 14.3. The normalized spacial score (nSPS) is 17.1. The van der Waals surface area contributed by atoms with Gasteiger partial charge in [-0.3, -0.25) is 20.0 Å². The molecule has 0 aliphatic carbocycles. The highest BCUT2D eigenvalue weighted by Gasteiger charge is 2.44. The number of rotatable bonds is 6. The lowest BCUT2D eigenvalue weighted by Gasteiger charge is -2.39. The predicted molar refractivity (Wildman–Crippen MR) is 143 cm³/mol. The highest BCUT2D eigenvalue weighted by Crippen LogP contribution is 2.35. The SMILES string of the molecule is C=C(/C=C\c1[nH]ncc1C)[C@@H]1CC(F)(F)CCN1C(=O)C(=O)Nc1cnc(NC(=O)OC(C)(C)C)c(CC)c1. The Morgan fingerprint density at radius 3 is 2.62 bits per heavy atom. The molecule has 12 heteroatoms. The third kappa shape index (κ3) is 7.95. The van der Waals surface area contributed by atoms with Crippen LogP contribution >= 0.6 is 0 Å². The minimum Gasteiger partial charge on any atom is -0.444 e. The fraction of sp³-hybridized carbons (Fsp3) is 0.444. The Labute approximate surface area is 225 Å². The first-order chi connectivity index (χ1) is 18.2. The second-order valence-electron chi connectivity index (χ2n) is 10.4. The van der Waals surface area contributed by atoms with Crippen LogP contribution in [0.2, 0.25) is 0 Å². The maximum Gasteiger partial charge on any atom is 0.413 e. The topological polar surface area (TPSA) is 129 Å². The van der Waals surface area contributed by atoms with Crippen LogP contribution in [0.4, 0.5) is 25.1 Å². The number of likely N-dealkylation sites (tertiary alicyclic amines) is 1. The van der Waals surface area contributed by atoms with Gasteiger partial charge in [0.15, 0.2) is 0 Å². The van der Waals surface area contributed by atoms with Crippen molar-refractivity contribution in [2.75, 3.05) is 17.2 Å². The molecule has 39 heavy (non-hydrogen) atoms. The minimum absolute atomic E-state index is 0.215. The Morgan fingerprint density at radius 2 is 2.00 bits per heavy atom. The van der Waals surface area contributed by atoms with E-state index in [0.717, 1.165) is 10.5 Å². The van der Waals surface area contributed by atoms with Gasteiger partial charge in [-0.25, -0.2) is 18.6 Å². The number of amides is 3. The molecule has 0 radical (unpaired) electrons. The average Bonchev–Trinajstić information content (AvgIpc) is 3.25. The first-order valence-electron chi connectivity index (χ1n) is 12.5. The Hall–Kier alpha value is -4.09. The molecule has 1 aliphatic rings. The van der Waals surface area contributed by atoms with Crippen LogP contribution in [0.1, 0.15) is 57.4 Å². The molecule has 1 atom stereocenters. The summed E-state index contributed by atoms with van der Waals surface area (Å²) in [7, 11) is 0. The molecule has 210 valence electrons. The first-order valence-corrected chi connectivity index (χ1v) is 12.5. The van der Waals surface area contributed by atoms with Crippen molar-refractivity contribution in [2.24, 2.45) is 0 Å². The van der Waals surface area contributed by atoms with Crippen LogP contribution in [-0.4, -0.2) is 62.1 Å². The van der Waals surface area contributed by atoms with Gasteiger partial charge in [-0.15, -0.1) is 0 Å². The van der Waals surface area contributed by atoms with Gasteiger partial charge < -0.3 is 15.0 Å². The summed E-state index contributed by atoms with van der Waals surface area (Å²) in [6, 6.07) is 0.498. The van der Waals surface area contributed by atoms with E-state index in [4.69, 9.17) is 4.74 Å². The highest BCUT2D eigenvalue weighted by atomic mass is 19.3. The summed E-state index contributed by atoms with van der Waals surface area (Å²) in [6.07, 6.45) is 4.66. The number of H-pyrrole nitrogens is 1. The number of aromatic amines is 1. The molecule has 0 bridgehead atoms. The molecule has 0 spiro atoms. The van der Waals surface area contributed by atoms with E-state index in [9.17, 15) is 23.2 Å². The zero-order valence-corrected chi connectivity index (χ0v) is 22.7. The highest BCUT2D eigenvalue weighted by molar-refractivity contribution is 6.39. The van der Waals surface area contributed by atoms with Gasteiger partial charge in [-0.2, -0.15) is 5.10 Å². The van der Waals surface area contributed by atoms with Gasteiger partial charge >= 0.3 is 17.9 Å². The van der Waals surface area contributed by atoms with Crippen LogP contribution in [0.3, 0.4) is 0 Å². The number of pyridine rings is 1. The summed E-state index contributed by atoms with van der Waals surface area (Å²) in [5, 5.41) is 11.8. The molecule has 10 nitrogen and oxygen atoms in total. The quantitative estimate of drug-likeness (QED) is 0.352. The number of hydrogen-bond acceptors (Lipinski definition) is 6. The van der Waals surface area contributed by atoms with E-state index in [2.05, 4.69) is 32.4 Å². The maximum absolute atomic E-state index is 14.3. The van der Waals surface area contributed by atoms with E-state index >= 15 is 0 Å². The molecule has 1 aliphatic heterocycles. The van der Waals surface area contributed by atoms with Crippen LogP contribution in [0, 0.1) is 6.92 Å². The van der Waals surface area contributed by atoms with E-state index in [0.29, 0.717) is 17.7 Å². The number of aryl methyl sites for hydroxylation is 2. The third-order valence-electron chi connectivity index (χ3n) is 6.03. The van der Waals surface area contributed by atoms with Crippen LogP contribution in [0.15, 0.2) is 36.7 Å². The number of hydrogen-bond donors (Lipinski definition) is 3. The van der Waals surface area contributed by atoms with Crippen molar-refractivity contribution in [3.8, 4) is 0 Å². The summed E-state index contributed by atoms with van der Waals surface area (Å²) < 4.78 is 33.9. The van der Waals surface area contributed by atoms with Gasteiger partial charge in [-0.1, -0.05) is 19.6 Å². The van der Waals surface area contributed by atoms with Crippen molar-refractivity contribution >= 4 is 35.5 Å². The number of aromatic nitrogens is 3. The second-order valence-corrected chi connectivity index (χ2v) is 10.4. The number of nitrogens with one attached hydrogen (secondary N) is 3. The lowest BCUT2D eigenvalue weighted by molar-refractivity contribution is -0.150. The molecule has 0 saturated carbocycles. The zero-order valence-electron chi connectivity index (χ0n) is 22.7. The lowest BCUT2D eigenvalue weighted by atomic mass is 9.92. The number of anilines is 2. The molecule has 1 saturated heterocycles. The van der Waals surface area contributed by atoms with Crippen molar-refractivity contribution in [1.82, 2.24) is 20.1 Å². The largest absolute Gasteiger partial charge is 0.444 e. The Morgan fingerprint density at radius 1 is 1.28 bits per heavy atom. The predicted octanol–water partition coefficient (Wildman–Crippen LogP) is 4.86. The first kappa shape index (κ1) is 29.5. The summed E-state index contributed by atoms with van der Waals surface area (Å²) >= 11 is 0. The lowest BCUT2D eigenvalue weighted by Crippen LogP contribution is -2.53. The average molecular weight is 545 g/mol. The Balaban J connectivity index is 1.73. The molecule has 1 fully saturated rings. The Kier molecular flexibility index (Phi) is 8.88. The number of ether oxygens (including phenoxy) is 1. The van der Waals surface area contributed by atoms with Gasteiger partial charge in [0.1, 0.15) is 11.4 Å². The number of carbonyl (C=O) groups is 3. The summed E-state index contributed by atoms with van der Waals surface area (Å²) in [5.41, 5.74) is 1.91. The monoisotopic (exact) mass is 544 g/mol. The smallest absolute Gasteiger partial charge is 0.413 e. The van der Waals surface area contributed by atoms with Crippen LogP contribution < -0.4 is 10.6 Å². The number of halogens is 2. The summed E-state index contributed by atoms with van der Waals surface area (Å²) in [4.78, 5) is 43.4. The van der Waals surface area contributed by atoms with Crippen molar-refractivity contribution in [1.29, 1.82) is 0 Å². The molecular weight excluding hydrogens is 510 g/mol. The number of carbonyl (C=O) groups excluding carboxylic acids is 3. The number of nitrogens with zero attached hydrogens (tertiary/aromatic N) is 3. The van der Waals surface area contributed by atoms with Gasteiger partial charge in [0.25, 0.3) is 5.92 Å². The van der Waals surface area contributed by atoms with Gasteiger partial charge in [0, 0.05) is 19.4 Å². The zero-order chi connectivity index (χ0) is 29.0. The molecule has 2 aromatic rings. The van der Waals surface area contributed by atoms with E-state index in [1.165, 1.54) is 6.20 Å². The Bertz CT molecular complexity index is 1280. The van der Waals surface area contributed by atoms with Gasteiger partial charge in [0.05, 0.1) is 29.8 Å². The van der Waals surface area contributed by atoms with Crippen LogP contribution in [-0.2, 0) is 20.7 Å². The third-order valence-corrected chi connectivity index (χ3v) is 6.03. The fourth-order valence-corrected chi connectivity index (χ4v) is 4.01. The molecule has 0 unspecified atom stereocenters. The standard InChI is InChI=1S/C27H34F2N6O4/c1-7-18-12-19(15-30-22(18)33-25(38)39-26(4,5)6)32-23(36)24(37)35-11-10-27(28,29)13-21(35)16(2)8-9-20-17(3)14-31-34-20/h8-9,12,14-15,21H,2,7,10-11,13H2,1,3-6H3,(H,31,34)(H,32,36)(H,30,33,38)/b9-8-/t21-/m0/s1. The van der Waals surface area contributed by atoms with Crippen LogP contribution in [0.5, 0.6) is 0 Å². The fourth-order valence-electron chi connectivity index (χ4n) is 4.01. The minimum atomic E-state index is -3.00. The molecule has 0 aromatic carbocycles. The number of alkyl halides is 2. The van der Waals surface area contributed by atoms with Crippen molar-refractivity contribution in [3.05, 3.63) is 53.5 Å². The van der Waals surface area contributed by atoms with E-state index in [1.807, 2.05) is 13.8 Å². The second kappa shape index (κ2) is 11.7. The van der Waals surface area contributed by atoms with E-state index < -0.39 is 48.3 Å². The van der Waals surface area contributed by atoms with Crippen LogP contribution in [0.25, 0.3) is 6.08 Å². The molecule has 3 rings (SSSR count). The van der Waals surface area contributed by atoms with E-state index in [-0.39, 0.29) is 23.6 Å². The van der Waals surface area contributed by atoms with Gasteiger partial charge in [-0.05, 0) is 63.0 Å². The molecule has 3 heterocycles. The van der Waals surface area contributed by atoms with E-state index in [1.54, 1.807) is 45.2 Å². The molecule has 2 aromatic heterocycles. The summed E-state index contributed by atoms with van der Waals surface area (Å²) in [5.74, 6) is -4.71. The van der Waals surface area contributed by atoms with Crippen molar-refractivity contribution < 1.29 is 27.9 Å². The van der Waals surface area contributed by atoms with Crippen molar-refractivity contribution in [3.63, 3.8) is 0 Å². The molecule has 3 N–H and O–H groups in total. The van der Waals surface area contributed by atoms with Crippen molar-refractivity contribution in [2.45, 2.75) is 71.4 Å². The molecule has 3 amide bonds. The molecular formula is C27H34F2N6O4. The number of piperidine rings is 1.